The Labute approximate surface area is 148 Å². The van der Waals surface area contributed by atoms with Crippen LogP contribution in [0.2, 0.25) is 0 Å². The summed E-state index contributed by atoms with van der Waals surface area (Å²) in [6.45, 7) is 1.91. The molecule has 2 N–H and O–H groups in total. The van der Waals surface area contributed by atoms with Crippen LogP contribution >= 0.6 is 11.5 Å². The van der Waals surface area contributed by atoms with Gasteiger partial charge in [-0.2, -0.15) is 5.26 Å². The van der Waals surface area contributed by atoms with Crippen molar-refractivity contribution in [1.29, 1.82) is 10.7 Å². The van der Waals surface area contributed by atoms with Gasteiger partial charge in [-0.25, -0.2) is 13.3 Å². The van der Waals surface area contributed by atoms with E-state index in [0.29, 0.717) is 22.9 Å². The van der Waals surface area contributed by atoms with Gasteiger partial charge in [0.15, 0.2) is 0 Å². The fraction of sp³-hybridized carbons (Fsp3) is 0.0556. The quantitative estimate of drug-likeness (QED) is 0.541. The zero-order chi connectivity index (χ0) is 17.8. The van der Waals surface area contributed by atoms with E-state index in [1.165, 1.54) is 23.7 Å². The number of aryl methyl sites for hydroxylation is 1. The SMILES string of the molecule is Cc1cc(=N)n(C(=Nc2ccc(F)cc2)Nc2cccc(C#N)c2)s1. The van der Waals surface area contributed by atoms with E-state index in [0.717, 1.165) is 4.88 Å². The summed E-state index contributed by atoms with van der Waals surface area (Å²) in [6.07, 6.45) is 0. The number of aliphatic imine (C=N–C) groups is 1. The smallest absolute Gasteiger partial charge is 0.223 e. The van der Waals surface area contributed by atoms with E-state index in [9.17, 15) is 4.39 Å². The number of nitriles is 1. The number of rotatable bonds is 2. The summed E-state index contributed by atoms with van der Waals surface area (Å²) in [4.78, 5) is 5.47. The summed E-state index contributed by atoms with van der Waals surface area (Å²) < 4.78 is 14.8. The minimum absolute atomic E-state index is 0.285. The molecule has 0 spiro atoms. The van der Waals surface area contributed by atoms with Crippen LogP contribution in [0.25, 0.3) is 0 Å². The first-order valence-corrected chi connectivity index (χ1v) is 8.19. The maximum Gasteiger partial charge on any atom is 0.223 e. The monoisotopic (exact) mass is 351 g/mol. The normalized spacial score (nSPS) is 11.2. The van der Waals surface area contributed by atoms with Crippen molar-refractivity contribution in [3.8, 4) is 6.07 Å². The minimum atomic E-state index is -0.337. The first kappa shape index (κ1) is 16.6. The summed E-state index contributed by atoms with van der Waals surface area (Å²) in [7, 11) is 0. The fourth-order valence-electron chi connectivity index (χ4n) is 2.19. The lowest BCUT2D eigenvalue weighted by Gasteiger charge is -2.11. The number of nitrogens with one attached hydrogen (secondary N) is 2. The van der Waals surface area contributed by atoms with Gasteiger partial charge in [0, 0.05) is 10.6 Å². The van der Waals surface area contributed by atoms with Gasteiger partial charge < -0.3 is 5.32 Å². The van der Waals surface area contributed by atoms with Gasteiger partial charge in [-0.3, -0.25) is 5.41 Å². The molecule has 7 heteroatoms. The highest BCUT2D eigenvalue weighted by molar-refractivity contribution is 7.07. The second-order valence-corrected chi connectivity index (χ2v) is 6.45. The number of hydrogen-bond donors (Lipinski definition) is 2. The molecule has 0 amide bonds. The van der Waals surface area contributed by atoms with Gasteiger partial charge in [0.2, 0.25) is 5.96 Å². The van der Waals surface area contributed by atoms with Crippen LogP contribution < -0.4 is 10.8 Å². The predicted molar refractivity (Wildman–Crippen MR) is 96.6 cm³/mol. The Morgan fingerprint density at radius 2 is 2.00 bits per heavy atom. The Morgan fingerprint density at radius 1 is 1.24 bits per heavy atom. The van der Waals surface area contributed by atoms with Gasteiger partial charge in [0.1, 0.15) is 11.3 Å². The van der Waals surface area contributed by atoms with E-state index < -0.39 is 0 Å². The molecule has 0 fully saturated rings. The largest absolute Gasteiger partial charge is 0.325 e. The number of aromatic nitrogens is 1. The molecular formula is C18H14FN5S. The molecule has 0 saturated heterocycles. The minimum Gasteiger partial charge on any atom is -0.325 e. The van der Waals surface area contributed by atoms with Gasteiger partial charge in [-0.05, 0) is 55.5 Å². The predicted octanol–water partition coefficient (Wildman–Crippen LogP) is 4.00. The van der Waals surface area contributed by atoms with Crippen molar-refractivity contribution in [2.24, 2.45) is 4.99 Å². The zero-order valence-electron chi connectivity index (χ0n) is 13.3. The molecule has 1 aromatic heterocycles. The van der Waals surface area contributed by atoms with Gasteiger partial charge >= 0.3 is 0 Å². The summed E-state index contributed by atoms with van der Waals surface area (Å²) >= 11 is 1.37. The van der Waals surface area contributed by atoms with Crippen molar-refractivity contribution >= 4 is 28.9 Å². The third-order valence-electron chi connectivity index (χ3n) is 3.30. The lowest BCUT2D eigenvalue weighted by atomic mass is 10.2. The third-order valence-corrected chi connectivity index (χ3v) is 4.25. The highest BCUT2D eigenvalue weighted by atomic mass is 32.1. The molecule has 2 aromatic carbocycles. The number of halogens is 1. The lowest BCUT2D eigenvalue weighted by molar-refractivity contribution is 0.628. The van der Waals surface area contributed by atoms with Gasteiger partial charge in [-0.15, -0.1) is 0 Å². The highest BCUT2D eigenvalue weighted by Gasteiger charge is 2.08. The molecular weight excluding hydrogens is 337 g/mol. The van der Waals surface area contributed by atoms with E-state index >= 15 is 0 Å². The van der Waals surface area contributed by atoms with Crippen LogP contribution in [-0.4, -0.2) is 9.92 Å². The standard InChI is InChI=1S/C18H14FN5S/c1-12-9-17(21)24(25-12)18(22-15-7-5-14(19)6-8-15)23-16-4-2-3-13(10-16)11-20/h2-10,21H,1H3,(H,22,23). The Hall–Kier alpha value is -3.24. The van der Waals surface area contributed by atoms with Crippen molar-refractivity contribution in [3.63, 3.8) is 0 Å². The van der Waals surface area contributed by atoms with Crippen LogP contribution in [0.15, 0.2) is 59.6 Å². The van der Waals surface area contributed by atoms with Crippen LogP contribution in [0.4, 0.5) is 15.8 Å². The zero-order valence-corrected chi connectivity index (χ0v) is 14.1. The van der Waals surface area contributed by atoms with E-state index in [4.69, 9.17) is 10.7 Å². The van der Waals surface area contributed by atoms with E-state index in [2.05, 4.69) is 16.4 Å². The Balaban J connectivity index is 2.05. The summed E-state index contributed by atoms with van der Waals surface area (Å²) in [5, 5.41) is 20.3. The molecule has 3 rings (SSSR count). The molecule has 25 heavy (non-hydrogen) atoms. The van der Waals surface area contributed by atoms with Crippen LogP contribution in [-0.2, 0) is 0 Å². The Bertz CT molecular complexity index is 1020. The number of nitrogens with zero attached hydrogens (tertiary/aromatic N) is 3. The molecule has 0 aliphatic rings. The molecule has 1 heterocycles. The van der Waals surface area contributed by atoms with E-state index in [-0.39, 0.29) is 11.3 Å². The summed E-state index contributed by atoms with van der Waals surface area (Å²) in [6, 6.07) is 16.6. The topological polar surface area (TPSA) is 77.0 Å². The molecule has 0 aliphatic carbocycles. The van der Waals surface area contributed by atoms with Crippen LogP contribution in [0.1, 0.15) is 10.4 Å². The van der Waals surface area contributed by atoms with E-state index in [1.807, 2.05) is 13.0 Å². The van der Waals surface area contributed by atoms with Crippen LogP contribution in [0.3, 0.4) is 0 Å². The van der Waals surface area contributed by atoms with Crippen molar-refractivity contribution in [3.05, 3.63) is 76.3 Å². The van der Waals surface area contributed by atoms with Crippen molar-refractivity contribution in [2.45, 2.75) is 6.92 Å². The molecule has 0 atom stereocenters. The number of hydrogen-bond acceptors (Lipinski definition) is 4. The molecule has 5 nitrogen and oxygen atoms in total. The van der Waals surface area contributed by atoms with E-state index in [1.54, 1.807) is 40.4 Å². The first-order chi connectivity index (χ1) is 12.0. The second-order valence-electron chi connectivity index (χ2n) is 5.26. The van der Waals surface area contributed by atoms with Gasteiger partial charge in [0.05, 0.1) is 17.3 Å². The third kappa shape index (κ3) is 4.00. The first-order valence-electron chi connectivity index (χ1n) is 7.41. The number of anilines is 1. The summed E-state index contributed by atoms with van der Waals surface area (Å²) in [5.74, 6) is 0.0702. The second kappa shape index (κ2) is 7.11. The fourth-order valence-corrected chi connectivity index (χ4v) is 2.96. The Kier molecular flexibility index (Phi) is 4.73. The van der Waals surface area contributed by atoms with Gasteiger partial charge in [0.25, 0.3) is 0 Å². The maximum absolute atomic E-state index is 13.1. The lowest BCUT2D eigenvalue weighted by Crippen LogP contribution is -2.28. The number of benzene rings is 2. The average molecular weight is 351 g/mol. The van der Waals surface area contributed by atoms with Gasteiger partial charge in [-0.1, -0.05) is 17.6 Å². The van der Waals surface area contributed by atoms with Crippen molar-refractivity contribution < 1.29 is 4.39 Å². The summed E-state index contributed by atoms with van der Waals surface area (Å²) in [5.41, 5.74) is 2.04. The molecule has 0 saturated carbocycles. The van der Waals surface area contributed by atoms with Crippen molar-refractivity contribution in [1.82, 2.24) is 3.96 Å². The van der Waals surface area contributed by atoms with Crippen molar-refractivity contribution in [2.75, 3.05) is 5.32 Å². The molecule has 0 radical (unpaired) electrons. The molecule has 0 unspecified atom stereocenters. The molecule has 3 aromatic rings. The molecule has 124 valence electrons. The van der Waals surface area contributed by atoms with Crippen LogP contribution in [0.5, 0.6) is 0 Å². The molecule has 0 aliphatic heterocycles. The molecule has 0 bridgehead atoms. The Morgan fingerprint density at radius 3 is 2.64 bits per heavy atom. The maximum atomic E-state index is 13.1. The van der Waals surface area contributed by atoms with Crippen LogP contribution in [0, 0.1) is 29.5 Å². The average Bonchev–Trinajstić information content (AvgIpc) is 2.95. The highest BCUT2D eigenvalue weighted by Crippen LogP contribution is 2.16.